The third kappa shape index (κ3) is 3.20. The monoisotopic (exact) mass is 328 g/mol. The summed E-state index contributed by atoms with van der Waals surface area (Å²) < 4.78 is 32.2. The standard InChI is InChI=1S/C16H12N2O4S/c19-12-9-7-11(8-10-12)17-18-15-5-1-4-14-13(15)3-2-6-16(14)23(20,21)22/h1-10,19H,(H,20,21,22). The zero-order valence-corrected chi connectivity index (χ0v) is 12.6. The van der Waals surface area contributed by atoms with E-state index in [-0.39, 0.29) is 10.6 Å². The van der Waals surface area contributed by atoms with Gasteiger partial charge < -0.3 is 5.11 Å². The van der Waals surface area contributed by atoms with Gasteiger partial charge in [0.05, 0.1) is 11.4 Å². The molecule has 116 valence electrons. The number of phenols is 1. The molecule has 0 bridgehead atoms. The molecule has 0 aliphatic rings. The predicted octanol–water partition coefficient (Wildman–Crippen LogP) is 4.21. The van der Waals surface area contributed by atoms with Gasteiger partial charge in [-0.2, -0.15) is 13.5 Å². The number of aromatic hydroxyl groups is 1. The normalized spacial score (nSPS) is 12.0. The molecule has 0 atom stereocenters. The number of nitrogens with zero attached hydrogens (tertiary/aromatic N) is 2. The van der Waals surface area contributed by atoms with Gasteiger partial charge in [-0.05, 0) is 36.4 Å². The van der Waals surface area contributed by atoms with Crippen molar-refractivity contribution in [1.29, 1.82) is 0 Å². The molecule has 3 aromatic carbocycles. The van der Waals surface area contributed by atoms with Crippen molar-refractivity contribution in [2.24, 2.45) is 10.2 Å². The van der Waals surface area contributed by atoms with Crippen molar-refractivity contribution < 1.29 is 18.1 Å². The lowest BCUT2D eigenvalue weighted by atomic mass is 10.1. The SMILES string of the molecule is O=S(=O)(O)c1cccc2c(N=Nc3ccc(O)cc3)cccc12. The third-order valence-electron chi connectivity index (χ3n) is 3.26. The molecule has 6 nitrogen and oxygen atoms in total. The minimum absolute atomic E-state index is 0.131. The topological polar surface area (TPSA) is 99.3 Å². The van der Waals surface area contributed by atoms with E-state index in [0.29, 0.717) is 22.1 Å². The summed E-state index contributed by atoms with van der Waals surface area (Å²) in [7, 11) is -4.32. The van der Waals surface area contributed by atoms with Crippen LogP contribution in [0.2, 0.25) is 0 Å². The van der Waals surface area contributed by atoms with E-state index in [1.807, 2.05) is 0 Å². The summed E-state index contributed by atoms with van der Waals surface area (Å²) in [6.45, 7) is 0. The maximum atomic E-state index is 11.4. The highest BCUT2D eigenvalue weighted by Crippen LogP contribution is 2.31. The molecule has 0 fully saturated rings. The van der Waals surface area contributed by atoms with Crippen LogP contribution in [0.25, 0.3) is 10.8 Å². The molecular weight excluding hydrogens is 316 g/mol. The van der Waals surface area contributed by atoms with Crippen LogP contribution in [0.15, 0.2) is 75.8 Å². The Hall–Kier alpha value is -2.77. The number of rotatable bonds is 3. The van der Waals surface area contributed by atoms with E-state index in [2.05, 4.69) is 10.2 Å². The Morgan fingerprint density at radius 3 is 2.13 bits per heavy atom. The average Bonchev–Trinajstić information content (AvgIpc) is 2.53. The largest absolute Gasteiger partial charge is 0.508 e. The molecule has 0 saturated carbocycles. The van der Waals surface area contributed by atoms with Crippen molar-refractivity contribution in [3.8, 4) is 5.75 Å². The van der Waals surface area contributed by atoms with Crippen molar-refractivity contribution >= 4 is 32.3 Å². The van der Waals surface area contributed by atoms with Crippen LogP contribution in [0, 0.1) is 0 Å². The lowest BCUT2D eigenvalue weighted by Gasteiger charge is -2.05. The summed E-state index contributed by atoms with van der Waals surface area (Å²) in [5, 5.41) is 18.4. The number of fused-ring (bicyclic) bond motifs is 1. The van der Waals surface area contributed by atoms with Crippen LogP contribution in [0.3, 0.4) is 0 Å². The quantitative estimate of drug-likeness (QED) is 0.555. The molecule has 2 N–H and O–H groups in total. The predicted molar refractivity (Wildman–Crippen MR) is 86.0 cm³/mol. The van der Waals surface area contributed by atoms with Gasteiger partial charge in [0.2, 0.25) is 0 Å². The maximum Gasteiger partial charge on any atom is 0.295 e. The molecule has 0 radical (unpaired) electrons. The first kappa shape index (κ1) is 15.1. The van der Waals surface area contributed by atoms with Crippen LogP contribution in [-0.4, -0.2) is 18.1 Å². The van der Waals surface area contributed by atoms with E-state index < -0.39 is 10.1 Å². The van der Waals surface area contributed by atoms with E-state index in [1.165, 1.54) is 24.3 Å². The van der Waals surface area contributed by atoms with Gasteiger partial charge in [0.1, 0.15) is 10.6 Å². The summed E-state index contributed by atoms with van der Waals surface area (Å²) in [5.41, 5.74) is 1.02. The Morgan fingerprint density at radius 2 is 1.43 bits per heavy atom. The van der Waals surface area contributed by atoms with Gasteiger partial charge in [-0.15, -0.1) is 5.11 Å². The van der Waals surface area contributed by atoms with Gasteiger partial charge in [-0.3, -0.25) is 4.55 Å². The Labute approximate surface area is 132 Å². The molecule has 0 saturated heterocycles. The Kier molecular flexibility index (Phi) is 3.81. The molecule has 7 heteroatoms. The van der Waals surface area contributed by atoms with Gasteiger partial charge in [0.25, 0.3) is 10.1 Å². The molecule has 3 rings (SSSR count). The van der Waals surface area contributed by atoms with Crippen LogP contribution >= 0.6 is 0 Å². The van der Waals surface area contributed by atoms with E-state index in [0.717, 1.165) is 0 Å². The summed E-state index contributed by atoms with van der Waals surface area (Å²) >= 11 is 0. The maximum absolute atomic E-state index is 11.4. The molecule has 0 spiro atoms. The van der Waals surface area contributed by atoms with Crippen molar-refractivity contribution in [3.63, 3.8) is 0 Å². The Morgan fingerprint density at radius 1 is 0.783 bits per heavy atom. The summed E-state index contributed by atoms with van der Waals surface area (Å²) in [6, 6.07) is 15.7. The lowest BCUT2D eigenvalue weighted by molar-refractivity contribution is 0.475. The first-order chi connectivity index (χ1) is 10.9. The van der Waals surface area contributed by atoms with Crippen LogP contribution < -0.4 is 0 Å². The molecule has 0 aliphatic heterocycles. The first-order valence-electron chi connectivity index (χ1n) is 6.65. The van der Waals surface area contributed by atoms with Crippen molar-refractivity contribution in [3.05, 3.63) is 60.7 Å². The minimum Gasteiger partial charge on any atom is -0.508 e. The number of hydrogen-bond donors (Lipinski definition) is 2. The highest BCUT2D eigenvalue weighted by molar-refractivity contribution is 7.86. The van der Waals surface area contributed by atoms with E-state index in [1.54, 1.807) is 36.4 Å². The molecular formula is C16H12N2O4S. The Bertz CT molecular complexity index is 996. The molecule has 23 heavy (non-hydrogen) atoms. The zero-order chi connectivity index (χ0) is 16.4. The summed E-state index contributed by atoms with van der Waals surface area (Å²) in [5.74, 6) is 0.131. The molecule has 3 aromatic rings. The fourth-order valence-electron chi connectivity index (χ4n) is 2.21. The zero-order valence-electron chi connectivity index (χ0n) is 11.8. The molecule has 0 amide bonds. The van der Waals surface area contributed by atoms with Gasteiger partial charge >= 0.3 is 0 Å². The van der Waals surface area contributed by atoms with Crippen LogP contribution in [-0.2, 0) is 10.1 Å². The molecule has 0 heterocycles. The Balaban J connectivity index is 2.10. The lowest BCUT2D eigenvalue weighted by Crippen LogP contribution is -1.98. The summed E-state index contributed by atoms with van der Waals surface area (Å²) in [4.78, 5) is -0.170. The van der Waals surface area contributed by atoms with Gasteiger partial charge in [-0.1, -0.05) is 24.3 Å². The second-order valence-corrected chi connectivity index (χ2v) is 6.21. The van der Waals surface area contributed by atoms with Crippen molar-refractivity contribution in [1.82, 2.24) is 0 Å². The highest BCUT2D eigenvalue weighted by Gasteiger charge is 2.14. The van der Waals surface area contributed by atoms with Crippen molar-refractivity contribution in [2.75, 3.05) is 0 Å². The minimum atomic E-state index is -4.32. The van der Waals surface area contributed by atoms with Gasteiger partial charge in [-0.25, -0.2) is 0 Å². The van der Waals surface area contributed by atoms with E-state index in [4.69, 9.17) is 0 Å². The number of benzene rings is 3. The fourth-order valence-corrected chi connectivity index (χ4v) is 2.91. The van der Waals surface area contributed by atoms with E-state index >= 15 is 0 Å². The first-order valence-corrected chi connectivity index (χ1v) is 8.09. The number of azo groups is 1. The molecule has 0 aliphatic carbocycles. The van der Waals surface area contributed by atoms with Gasteiger partial charge in [0, 0.05) is 10.8 Å². The summed E-state index contributed by atoms with van der Waals surface area (Å²) in [6.07, 6.45) is 0. The van der Waals surface area contributed by atoms with Crippen LogP contribution in [0.1, 0.15) is 0 Å². The van der Waals surface area contributed by atoms with E-state index in [9.17, 15) is 18.1 Å². The number of hydrogen-bond acceptors (Lipinski definition) is 5. The number of phenolic OH excluding ortho intramolecular Hbond substituents is 1. The van der Waals surface area contributed by atoms with Crippen LogP contribution in [0.5, 0.6) is 5.75 Å². The smallest absolute Gasteiger partial charge is 0.295 e. The third-order valence-corrected chi connectivity index (χ3v) is 4.17. The van der Waals surface area contributed by atoms with Crippen LogP contribution in [0.4, 0.5) is 11.4 Å². The fraction of sp³-hybridized carbons (Fsp3) is 0. The highest BCUT2D eigenvalue weighted by atomic mass is 32.2. The molecule has 0 aromatic heterocycles. The molecule has 0 unspecified atom stereocenters. The average molecular weight is 328 g/mol. The van der Waals surface area contributed by atoms with Crippen molar-refractivity contribution in [2.45, 2.75) is 4.90 Å². The second-order valence-electron chi connectivity index (χ2n) is 4.82. The van der Waals surface area contributed by atoms with Gasteiger partial charge in [0.15, 0.2) is 0 Å². The second kappa shape index (κ2) is 5.79.